The van der Waals surface area contributed by atoms with Crippen molar-refractivity contribution in [3.05, 3.63) is 58.9 Å². The van der Waals surface area contributed by atoms with E-state index in [1.807, 2.05) is 36.7 Å². The highest BCUT2D eigenvalue weighted by atomic mass is 32.2. The average molecular weight is 374 g/mol. The summed E-state index contributed by atoms with van der Waals surface area (Å²) in [4.78, 5) is 2.24. The minimum absolute atomic E-state index is 0.0178. The maximum absolute atomic E-state index is 11.8. The predicted octanol–water partition coefficient (Wildman–Crippen LogP) is 3.00. The molecule has 2 heterocycles. The predicted molar refractivity (Wildman–Crippen MR) is 106 cm³/mol. The standard InChI is InChI=1S/C20H27N3O2S/c1-16-20(14-22(3)12-7-10-18-8-5-4-6-9-18)17(2)23(21-16)19-11-13-26(24,25)15-19/h4-10,19H,11-15H2,1-3H3/b10-7+/t19-/m1/s1. The van der Waals surface area contributed by atoms with Gasteiger partial charge in [0.2, 0.25) is 0 Å². The van der Waals surface area contributed by atoms with Crippen LogP contribution in [-0.2, 0) is 16.4 Å². The van der Waals surface area contributed by atoms with Gasteiger partial charge in [0.1, 0.15) is 0 Å². The number of aromatic nitrogens is 2. The van der Waals surface area contributed by atoms with Crippen LogP contribution >= 0.6 is 0 Å². The summed E-state index contributed by atoms with van der Waals surface area (Å²) in [5, 5.41) is 4.65. The molecular formula is C20H27N3O2S. The smallest absolute Gasteiger partial charge is 0.152 e. The Morgan fingerprint density at radius 2 is 2.00 bits per heavy atom. The molecule has 1 fully saturated rings. The van der Waals surface area contributed by atoms with E-state index in [2.05, 4.69) is 41.3 Å². The normalized spacial score (nSPS) is 19.6. The SMILES string of the molecule is Cc1nn([C@@H]2CCS(=O)(=O)C2)c(C)c1CN(C)C/C=C/c1ccccc1. The Balaban J connectivity index is 1.65. The molecule has 1 atom stereocenters. The van der Waals surface area contributed by atoms with Crippen LogP contribution in [0.1, 0.15) is 35.0 Å². The fourth-order valence-corrected chi connectivity index (χ4v) is 5.21. The highest BCUT2D eigenvalue weighted by molar-refractivity contribution is 7.91. The van der Waals surface area contributed by atoms with Gasteiger partial charge < -0.3 is 0 Å². The highest BCUT2D eigenvalue weighted by Crippen LogP contribution is 2.27. The van der Waals surface area contributed by atoms with Crippen molar-refractivity contribution >= 4 is 15.9 Å². The zero-order valence-electron chi connectivity index (χ0n) is 15.7. The van der Waals surface area contributed by atoms with E-state index < -0.39 is 9.84 Å². The zero-order valence-corrected chi connectivity index (χ0v) is 16.5. The van der Waals surface area contributed by atoms with E-state index >= 15 is 0 Å². The van der Waals surface area contributed by atoms with E-state index in [1.54, 1.807) is 0 Å². The van der Waals surface area contributed by atoms with Crippen LogP contribution in [0.4, 0.5) is 0 Å². The average Bonchev–Trinajstić information content (AvgIpc) is 3.09. The molecule has 26 heavy (non-hydrogen) atoms. The van der Waals surface area contributed by atoms with Crippen molar-refractivity contribution in [3.63, 3.8) is 0 Å². The fraction of sp³-hybridized carbons (Fsp3) is 0.450. The van der Waals surface area contributed by atoms with Crippen LogP contribution in [0, 0.1) is 13.8 Å². The summed E-state index contributed by atoms with van der Waals surface area (Å²) in [6.45, 7) is 5.71. The molecule has 0 aliphatic carbocycles. The molecular weight excluding hydrogens is 346 g/mol. The first kappa shape index (κ1) is 18.9. The molecule has 0 bridgehead atoms. The van der Waals surface area contributed by atoms with Gasteiger partial charge in [-0.05, 0) is 32.9 Å². The largest absolute Gasteiger partial charge is 0.298 e. The Morgan fingerprint density at radius 1 is 1.27 bits per heavy atom. The molecule has 0 N–H and O–H groups in total. The molecule has 2 aromatic rings. The van der Waals surface area contributed by atoms with Crippen molar-refractivity contribution in [2.75, 3.05) is 25.1 Å². The molecule has 1 saturated heterocycles. The Labute approximate surface area is 156 Å². The highest BCUT2D eigenvalue weighted by Gasteiger charge is 2.31. The third kappa shape index (κ3) is 4.43. The van der Waals surface area contributed by atoms with Crippen molar-refractivity contribution in [3.8, 4) is 0 Å². The van der Waals surface area contributed by atoms with Crippen LogP contribution in [-0.4, -0.2) is 48.2 Å². The summed E-state index contributed by atoms with van der Waals surface area (Å²) in [5.41, 5.74) is 4.47. The van der Waals surface area contributed by atoms with Gasteiger partial charge in [-0.15, -0.1) is 0 Å². The molecule has 140 valence electrons. The van der Waals surface area contributed by atoms with Gasteiger partial charge in [-0.25, -0.2) is 8.42 Å². The molecule has 1 aliphatic heterocycles. The van der Waals surface area contributed by atoms with E-state index in [0.717, 1.165) is 24.5 Å². The number of nitrogens with zero attached hydrogens (tertiary/aromatic N) is 3. The summed E-state index contributed by atoms with van der Waals surface area (Å²) in [5.74, 6) is 0.486. The number of rotatable bonds is 6. The topological polar surface area (TPSA) is 55.2 Å². The minimum Gasteiger partial charge on any atom is -0.298 e. The third-order valence-corrected chi connectivity index (χ3v) is 6.73. The van der Waals surface area contributed by atoms with Gasteiger partial charge >= 0.3 is 0 Å². The van der Waals surface area contributed by atoms with Crippen LogP contribution in [0.3, 0.4) is 0 Å². The first-order valence-electron chi connectivity index (χ1n) is 9.01. The lowest BCUT2D eigenvalue weighted by Gasteiger charge is -2.16. The van der Waals surface area contributed by atoms with Gasteiger partial charge in [0.25, 0.3) is 0 Å². The summed E-state index contributed by atoms with van der Waals surface area (Å²) < 4.78 is 25.5. The van der Waals surface area contributed by atoms with Crippen LogP contribution in [0.2, 0.25) is 0 Å². The van der Waals surface area contributed by atoms with E-state index in [0.29, 0.717) is 6.42 Å². The van der Waals surface area contributed by atoms with Crippen molar-refractivity contribution in [2.45, 2.75) is 32.9 Å². The van der Waals surface area contributed by atoms with Gasteiger partial charge in [-0.2, -0.15) is 5.10 Å². The maximum Gasteiger partial charge on any atom is 0.152 e. The van der Waals surface area contributed by atoms with Crippen molar-refractivity contribution in [2.24, 2.45) is 0 Å². The first-order valence-corrected chi connectivity index (χ1v) is 10.8. The third-order valence-electron chi connectivity index (χ3n) is 4.98. The second-order valence-electron chi connectivity index (χ2n) is 7.16. The quantitative estimate of drug-likeness (QED) is 0.781. The van der Waals surface area contributed by atoms with E-state index in [-0.39, 0.29) is 17.5 Å². The zero-order chi connectivity index (χ0) is 18.7. The summed E-state index contributed by atoms with van der Waals surface area (Å²) >= 11 is 0. The van der Waals surface area contributed by atoms with E-state index in [4.69, 9.17) is 0 Å². The molecule has 0 amide bonds. The van der Waals surface area contributed by atoms with Crippen molar-refractivity contribution in [1.82, 2.24) is 14.7 Å². The minimum atomic E-state index is -2.91. The number of hydrogen-bond acceptors (Lipinski definition) is 4. The van der Waals surface area contributed by atoms with Crippen molar-refractivity contribution < 1.29 is 8.42 Å². The number of benzene rings is 1. The van der Waals surface area contributed by atoms with Gasteiger partial charge in [0, 0.05) is 24.3 Å². The molecule has 0 radical (unpaired) electrons. The van der Waals surface area contributed by atoms with E-state index in [9.17, 15) is 8.42 Å². The van der Waals surface area contributed by atoms with Gasteiger partial charge in [0.05, 0.1) is 23.2 Å². The second-order valence-corrected chi connectivity index (χ2v) is 9.39. The Hall–Kier alpha value is -1.92. The summed E-state index contributed by atoms with van der Waals surface area (Å²) in [6.07, 6.45) is 4.95. The number of hydrogen-bond donors (Lipinski definition) is 0. The maximum atomic E-state index is 11.8. The van der Waals surface area contributed by atoms with Crippen molar-refractivity contribution in [1.29, 1.82) is 0 Å². The van der Waals surface area contributed by atoms with Crippen LogP contribution in [0.15, 0.2) is 36.4 Å². The molecule has 0 saturated carbocycles. The number of likely N-dealkylation sites (N-methyl/N-ethyl adjacent to an activating group) is 1. The Kier molecular flexibility index (Phi) is 5.63. The molecule has 6 heteroatoms. The van der Waals surface area contributed by atoms with Crippen LogP contribution in [0.25, 0.3) is 6.08 Å². The summed E-state index contributed by atoms with van der Waals surface area (Å²) in [6, 6.07) is 10.2. The van der Waals surface area contributed by atoms with Gasteiger partial charge in [0.15, 0.2) is 9.84 Å². The monoisotopic (exact) mass is 373 g/mol. The lowest BCUT2D eigenvalue weighted by molar-refractivity contribution is 0.361. The van der Waals surface area contributed by atoms with Crippen LogP contribution in [0.5, 0.6) is 0 Å². The number of sulfone groups is 1. The Morgan fingerprint density at radius 3 is 2.65 bits per heavy atom. The number of aryl methyl sites for hydroxylation is 1. The molecule has 0 spiro atoms. The van der Waals surface area contributed by atoms with Gasteiger partial charge in [-0.1, -0.05) is 42.5 Å². The summed E-state index contributed by atoms with van der Waals surface area (Å²) in [7, 11) is -0.817. The Bertz CT molecular complexity index is 885. The molecule has 1 aliphatic rings. The molecule has 0 unspecified atom stereocenters. The molecule has 3 rings (SSSR count). The second kappa shape index (κ2) is 7.76. The molecule has 1 aromatic heterocycles. The molecule has 1 aromatic carbocycles. The molecule has 5 nitrogen and oxygen atoms in total. The van der Waals surface area contributed by atoms with Gasteiger partial charge in [-0.3, -0.25) is 9.58 Å². The fourth-order valence-electron chi connectivity index (χ4n) is 3.52. The van der Waals surface area contributed by atoms with Crippen LogP contribution < -0.4 is 0 Å². The first-order chi connectivity index (χ1) is 12.4. The lowest BCUT2D eigenvalue weighted by Crippen LogP contribution is -2.19. The lowest BCUT2D eigenvalue weighted by atomic mass is 10.1. The van der Waals surface area contributed by atoms with E-state index in [1.165, 1.54) is 11.1 Å².